The minimum atomic E-state index is 0. The summed E-state index contributed by atoms with van der Waals surface area (Å²) in [4.78, 5) is 0. The topological polar surface area (TPSA) is 31.5 Å². The van der Waals surface area contributed by atoms with Gasteiger partial charge in [0.15, 0.2) is 0 Å². The van der Waals surface area contributed by atoms with Gasteiger partial charge in [-0.1, -0.05) is 60.7 Å². The Morgan fingerprint density at radius 3 is 1.33 bits per heavy atom. The summed E-state index contributed by atoms with van der Waals surface area (Å²) in [6.45, 7) is 0. The van der Waals surface area contributed by atoms with Crippen LogP contribution in [0.2, 0.25) is 0 Å². The standard InChI is InChI=1S/C13H14Si.H2O/c14-13(11-7-3-1-4-8-11)12-9-5-2-6-10-12;/h1-10,13H,14H3;1H2. The first-order valence-corrected chi connectivity index (χ1v) is 6.13. The van der Waals surface area contributed by atoms with Crippen LogP contribution in [0.25, 0.3) is 0 Å². The first-order valence-electron chi connectivity index (χ1n) is 4.98. The number of benzene rings is 2. The van der Waals surface area contributed by atoms with E-state index in [1.54, 1.807) is 0 Å². The molecule has 0 bridgehead atoms. The Hall–Kier alpha value is -1.38. The zero-order chi connectivity index (χ0) is 9.80. The van der Waals surface area contributed by atoms with E-state index < -0.39 is 0 Å². The molecule has 2 heteroatoms. The van der Waals surface area contributed by atoms with Crippen molar-refractivity contribution in [2.45, 2.75) is 5.54 Å². The molecule has 15 heavy (non-hydrogen) atoms. The van der Waals surface area contributed by atoms with Gasteiger partial charge in [0.1, 0.15) is 0 Å². The fourth-order valence-electron chi connectivity index (χ4n) is 1.68. The second-order valence-electron chi connectivity index (χ2n) is 3.54. The predicted octanol–water partition coefficient (Wildman–Crippen LogP) is 1.32. The summed E-state index contributed by atoms with van der Waals surface area (Å²) >= 11 is 0. The Balaban J connectivity index is 0.00000112. The van der Waals surface area contributed by atoms with Gasteiger partial charge < -0.3 is 5.48 Å². The predicted molar refractivity (Wildman–Crippen MR) is 68.3 cm³/mol. The molecule has 0 heterocycles. The van der Waals surface area contributed by atoms with Crippen molar-refractivity contribution in [2.75, 3.05) is 0 Å². The average molecular weight is 216 g/mol. The molecule has 78 valence electrons. The molecule has 0 amide bonds. The normalized spacial score (nSPS) is 9.93. The van der Waals surface area contributed by atoms with Crippen LogP contribution in [0.4, 0.5) is 0 Å². The van der Waals surface area contributed by atoms with Gasteiger partial charge in [-0.05, 0) is 16.7 Å². The third-order valence-corrected chi connectivity index (χ3v) is 3.93. The van der Waals surface area contributed by atoms with E-state index in [1.165, 1.54) is 11.1 Å². The van der Waals surface area contributed by atoms with Crippen molar-refractivity contribution >= 4 is 10.2 Å². The molecule has 0 unspecified atom stereocenters. The molecule has 2 rings (SSSR count). The molecule has 0 fully saturated rings. The molecule has 0 saturated heterocycles. The van der Waals surface area contributed by atoms with Crippen LogP contribution in [0, 0.1) is 0 Å². The van der Waals surface area contributed by atoms with E-state index in [0.29, 0.717) is 5.54 Å². The highest BCUT2D eigenvalue weighted by molar-refractivity contribution is 6.14. The minimum Gasteiger partial charge on any atom is -0.412 e. The van der Waals surface area contributed by atoms with E-state index >= 15 is 0 Å². The van der Waals surface area contributed by atoms with E-state index in [1.807, 2.05) is 0 Å². The fraction of sp³-hybridized carbons (Fsp3) is 0.0769. The second kappa shape index (κ2) is 5.49. The molecule has 0 aliphatic carbocycles. The Kier molecular flexibility index (Phi) is 4.28. The van der Waals surface area contributed by atoms with E-state index in [2.05, 4.69) is 60.7 Å². The molecule has 2 aromatic rings. The summed E-state index contributed by atoms with van der Waals surface area (Å²) in [5.74, 6) is 0. The Morgan fingerprint density at radius 2 is 1.00 bits per heavy atom. The molecule has 0 aliphatic heterocycles. The van der Waals surface area contributed by atoms with Gasteiger partial charge in [-0.25, -0.2) is 0 Å². The summed E-state index contributed by atoms with van der Waals surface area (Å²) in [6, 6.07) is 21.5. The summed E-state index contributed by atoms with van der Waals surface area (Å²) in [7, 11) is 1.16. The molecular formula is C13H16OSi. The monoisotopic (exact) mass is 216 g/mol. The summed E-state index contributed by atoms with van der Waals surface area (Å²) < 4.78 is 0. The lowest BCUT2D eigenvalue weighted by atomic mass is 10.0. The van der Waals surface area contributed by atoms with Crippen molar-refractivity contribution in [3.63, 3.8) is 0 Å². The van der Waals surface area contributed by atoms with Crippen molar-refractivity contribution in [3.05, 3.63) is 71.8 Å². The van der Waals surface area contributed by atoms with Crippen LogP contribution in [0.5, 0.6) is 0 Å². The van der Waals surface area contributed by atoms with E-state index in [-0.39, 0.29) is 5.48 Å². The maximum atomic E-state index is 2.21. The van der Waals surface area contributed by atoms with E-state index in [4.69, 9.17) is 0 Å². The zero-order valence-corrected chi connectivity index (χ0v) is 10.9. The van der Waals surface area contributed by atoms with Gasteiger partial charge in [-0.2, -0.15) is 0 Å². The van der Waals surface area contributed by atoms with Gasteiger partial charge in [-0.3, -0.25) is 0 Å². The largest absolute Gasteiger partial charge is 0.412 e. The van der Waals surface area contributed by atoms with Crippen LogP contribution in [-0.4, -0.2) is 15.7 Å². The van der Waals surface area contributed by atoms with Crippen molar-refractivity contribution in [1.82, 2.24) is 0 Å². The first-order chi connectivity index (χ1) is 6.88. The molecule has 0 spiro atoms. The van der Waals surface area contributed by atoms with Gasteiger partial charge in [0, 0.05) is 10.2 Å². The molecule has 0 atom stereocenters. The van der Waals surface area contributed by atoms with Crippen molar-refractivity contribution in [3.8, 4) is 0 Å². The van der Waals surface area contributed by atoms with E-state index in [9.17, 15) is 0 Å². The Morgan fingerprint density at radius 1 is 0.667 bits per heavy atom. The number of hydrogen-bond donors (Lipinski definition) is 0. The molecule has 0 saturated carbocycles. The Bertz CT molecular complexity index is 346. The second-order valence-corrected chi connectivity index (χ2v) is 4.70. The van der Waals surface area contributed by atoms with Crippen molar-refractivity contribution in [2.24, 2.45) is 0 Å². The lowest BCUT2D eigenvalue weighted by Gasteiger charge is -2.11. The summed E-state index contributed by atoms with van der Waals surface area (Å²) in [6.07, 6.45) is 0. The van der Waals surface area contributed by atoms with Gasteiger partial charge in [0.25, 0.3) is 0 Å². The number of rotatable bonds is 2. The van der Waals surface area contributed by atoms with Crippen molar-refractivity contribution < 1.29 is 5.48 Å². The Labute approximate surface area is 93.5 Å². The van der Waals surface area contributed by atoms with Gasteiger partial charge in [-0.15, -0.1) is 0 Å². The van der Waals surface area contributed by atoms with Crippen LogP contribution in [0.3, 0.4) is 0 Å². The number of hydrogen-bond acceptors (Lipinski definition) is 0. The summed E-state index contributed by atoms with van der Waals surface area (Å²) in [5.41, 5.74) is 3.49. The smallest absolute Gasteiger partial charge is 0.0178 e. The molecule has 0 radical (unpaired) electrons. The molecule has 0 aromatic heterocycles. The van der Waals surface area contributed by atoms with Gasteiger partial charge >= 0.3 is 0 Å². The van der Waals surface area contributed by atoms with Gasteiger partial charge in [0.2, 0.25) is 0 Å². The van der Waals surface area contributed by atoms with Crippen LogP contribution in [-0.2, 0) is 0 Å². The van der Waals surface area contributed by atoms with Crippen LogP contribution >= 0.6 is 0 Å². The molecule has 1 nitrogen and oxygen atoms in total. The van der Waals surface area contributed by atoms with Crippen molar-refractivity contribution in [1.29, 1.82) is 0 Å². The quantitative estimate of drug-likeness (QED) is 0.678. The maximum Gasteiger partial charge on any atom is 0.0178 e. The molecule has 0 aliphatic rings. The lowest BCUT2D eigenvalue weighted by Crippen LogP contribution is -1.99. The van der Waals surface area contributed by atoms with Gasteiger partial charge in [0.05, 0.1) is 0 Å². The molecule has 2 aromatic carbocycles. The highest BCUT2D eigenvalue weighted by Gasteiger charge is 2.05. The first kappa shape index (κ1) is 11.7. The minimum absolute atomic E-state index is 0. The summed E-state index contributed by atoms with van der Waals surface area (Å²) in [5, 5.41) is 0. The average Bonchev–Trinajstić information content (AvgIpc) is 2.30. The third kappa shape index (κ3) is 2.78. The van der Waals surface area contributed by atoms with E-state index in [0.717, 1.165) is 10.2 Å². The van der Waals surface area contributed by atoms with Crippen LogP contribution < -0.4 is 0 Å². The fourth-order valence-corrected chi connectivity index (χ4v) is 2.45. The van der Waals surface area contributed by atoms with Crippen LogP contribution in [0.15, 0.2) is 60.7 Å². The third-order valence-electron chi connectivity index (χ3n) is 2.60. The highest BCUT2D eigenvalue weighted by atomic mass is 28.1. The molecular weight excluding hydrogens is 200 g/mol. The maximum absolute atomic E-state index is 2.21. The SMILES string of the molecule is O.[SiH3]C(c1ccccc1)c1ccccc1. The zero-order valence-electron chi connectivity index (χ0n) is 8.85. The lowest BCUT2D eigenvalue weighted by molar-refractivity contribution is 0.824. The molecule has 2 N–H and O–H groups in total. The van der Waals surface area contributed by atoms with Crippen LogP contribution in [0.1, 0.15) is 16.7 Å². The highest BCUT2D eigenvalue weighted by Crippen LogP contribution is 2.20.